The van der Waals surface area contributed by atoms with Crippen molar-refractivity contribution >= 4 is 11.9 Å². The summed E-state index contributed by atoms with van der Waals surface area (Å²) in [4.78, 5) is 22.6. The summed E-state index contributed by atoms with van der Waals surface area (Å²) in [6.07, 6.45) is 13.2. The zero-order valence-electron chi connectivity index (χ0n) is 16.6. The lowest BCUT2D eigenvalue weighted by atomic mass is 10.1. The Bertz CT molecular complexity index is 399. The third-order valence-corrected chi connectivity index (χ3v) is 3.91. The summed E-state index contributed by atoms with van der Waals surface area (Å²) in [5.74, 6) is -1.67. The average molecular weight is 356 g/mol. The van der Waals surface area contributed by atoms with Crippen LogP contribution >= 0.6 is 0 Å². The number of rotatable bonds is 15. The molecular formula is C20H37NO4. The number of aliphatic carboxylic acids is 1. The van der Waals surface area contributed by atoms with Crippen molar-refractivity contribution in [3.8, 4) is 0 Å². The zero-order chi connectivity index (χ0) is 19.1. The van der Waals surface area contributed by atoms with Crippen LogP contribution in [0.5, 0.6) is 0 Å². The van der Waals surface area contributed by atoms with Gasteiger partial charge in [0.1, 0.15) is 6.54 Å². The summed E-state index contributed by atoms with van der Waals surface area (Å²) in [6, 6.07) is 0. The lowest BCUT2D eigenvalue weighted by molar-refractivity contribution is -0.873. The molecule has 0 aromatic rings. The maximum absolute atomic E-state index is 11.8. The van der Waals surface area contributed by atoms with Crippen LogP contribution in [0.3, 0.4) is 0 Å². The number of nitrogens with zero attached hydrogens (tertiary/aromatic N) is 1. The monoisotopic (exact) mass is 355 g/mol. The minimum atomic E-state index is -1.20. The first-order valence-corrected chi connectivity index (χ1v) is 9.62. The molecule has 0 N–H and O–H groups in total. The van der Waals surface area contributed by atoms with E-state index in [2.05, 4.69) is 6.92 Å². The number of carboxylic acids is 1. The Morgan fingerprint density at radius 2 is 1.56 bits per heavy atom. The molecule has 5 heteroatoms. The molecule has 0 heterocycles. The molecule has 0 aromatic heterocycles. The number of hydrogen-bond acceptors (Lipinski definition) is 4. The molecule has 0 spiro atoms. The van der Waals surface area contributed by atoms with Gasteiger partial charge in [0.15, 0.2) is 6.10 Å². The lowest BCUT2D eigenvalue weighted by Crippen LogP contribution is -2.45. The van der Waals surface area contributed by atoms with Gasteiger partial charge in [0.25, 0.3) is 0 Å². The van der Waals surface area contributed by atoms with E-state index in [1.807, 2.05) is 27.2 Å². The Kier molecular flexibility index (Phi) is 13.1. The van der Waals surface area contributed by atoms with E-state index in [-0.39, 0.29) is 6.42 Å². The van der Waals surface area contributed by atoms with Crippen molar-refractivity contribution in [2.24, 2.45) is 0 Å². The summed E-state index contributed by atoms with van der Waals surface area (Å²) in [5.41, 5.74) is 0. The minimum absolute atomic E-state index is 0.271. The first kappa shape index (κ1) is 23.6. The first-order chi connectivity index (χ1) is 11.7. The van der Waals surface area contributed by atoms with E-state index >= 15 is 0 Å². The molecule has 5 nitrogen and oxygen atoms in total. The van der Waals surface area contributed by atoms with E-state index < -0.39 is 18.0 Å². The summed E-state index contributed by atoms with van der Waals surface area (Å²) < 4.78 is 5.78. The molecule has 146 valence electrons. The number of allylic oxidation sites excluding steroid dienone is 1. The predicted molar refractivity (Wildman–Crippen MR) is 98.8 cm³/mol. The van der Waals surface area contributed by atoms with Crippen LogP contribution in [0, 0.1) is 0 Å². The van der Waals surface area contributed by atoms with Crippen LogP contribution in [0.2, 0.25) is 0 Å². The summed E-state index contributed by atoms with van der Waals surface area (Å²) in [7, 11) is 5.77. The minimum Gasteiger partial charge on any atom is -0.550 e. The van der Waals surface area contributed by atoms with Crippen LogP contribution < -0.4 is 5.11 Å². The third-order valence-electron chi connectivity index (χ3n) is 3.91. The zero-order valence-corrected chi connectivity index (χ0v) is 16.6. The van der Waals surface area contributed by atoms with Gasteiger partial charge in [-0.3, -0.25) is 0 Å². The van der Waals surface area contributed by atoms with Crippen molar-refractivity contribution in [2.75, 3.05) is 27.7 Å². The topological polar surface area (TPSA) is 66.4 Å². The third kappa shape index (κ3) is 17.3. The molecule has 0 bridgehead atoms. The molecule has 0 saturated heterocycles. The molecule has 0 aliphatic carbocycles. The van der Waals surface area contributed by atoms with Gasteiger partial charge in [-0.25, -0.2) is 4.79 Å². The Labute approximate surface area is 153 Å². The van der Waals surface area contributed by atoms with Crippen LogP contribution in [-0.4, -0.2) is 50.2 Å². The maximum Gasteiger partial charge on any atom is 0.330 e. The van der Waals surface area contributed by atoms with Gasteiger partial charge >= 0.3 is 5.97 Å². The second-order valence-electron chi connectivity index (χ2n) is 7.77. The fourth-order valence-electron chi connectivity index (χ4n) is 2.72. The normalized spacial score (nSPS) is 13.1. The second-order valence-corrected chi connectivity index (χ2v) is 7.77. The number of carboxylic acid groups (broad SMARTS) is 1. The van der Waals surface area contributed by atoms with Gasteiger partial charge in [0.2, 0.25) is 0 Å². The number of quaternary nitrogens is 1. The molecule has 0 aromatic carbocycles. The van der Waals surface area contributed by atoms with Crippen molar-refractivity contribution in [1.82, 2.24) is 0 Å². The molecule has 0 rings (SSSR count). The largest absolute Gasteiger partial charge is 0.550 e. The van der Waals surface area contributed by atoms with Crippen LogP contribution in [0.1, 0.15) is 71.1 Å². The smallest absolute Gasteiger partial charge is 0.330 e. The quantitative estimate of drug-likeness (QED) is 0.196. The van der Waals surface area contributed by atoms with Crippen molar-refractivity contribution < 1.29 is 23.9 Å². The summed E-state index contributed by atoms with van der Waals surface area (Å²) in [6.45, 7) is 2.66. The summed E-state index contributed by atoms with van der Waals surface area (Å²) >= 11 is 0. The molecule has 1 atom stereocenters. The van der Waals surface area contributed by atoms with Gasteiger partial charge in [-0.1, -0.05) is 57.9 Å². The van der Waals surface area contributed by atoms with Crippen LogP contribution in [-0.2, 0) is 14.3 Å². The number of carbonyl (C=O) groups excluding carboxylic acids is 2. The number of likely N-dealkylation sites (N-methyl/N-ethyl adjacent to an activating group) is 1. The highest BCUT2D eigenvalue weighted by Crippen LogP contribution is 2.10. The number of unbranched alkanes of at least 4 members (excludes halogenated alkanes) is 8. The Hall–Kier alpha value is -1.36. The molecule has 0 fully saturated rings. The fourth-order valence-corrected chi connectivity index (χ4v) is 2.72. The Morgan fingerprint density at radius 1 is 1.00 bits per heavy atom. The molecule has 0 aliphatic rings. The van der Waals surface area contributed by atoms with E-state index in [4.69, 9.17) is 4.74 Å². The van der Waals surface area contributed by atoms with Gasteiger partial charge in [0, 0.05) is 18.5 Å². The average Bonchev–Trinajstić information content (AvgIpc) is 2.46. The molecule has 0 radical (unpaired) electrons. The van der Waals surface area contributed by atoms with E-state index in [9.17, 15) is 14.7 Å². The fraction of sp³-hybridized carbons (Fsp3) is 0.800. The number of ether oxygens (including phenoxy) is 1. The number of esters is 1. The van der Waals surface area contributed by atoms with Crippen LogP contribution in [0.4, 0.5) is 0 Å². The van der Waals surface area contributed by atoms with Gasteiger partial charge in [-0.15, -0.1) is 0 Å². The SMILES string of the molecule is CCCCCCCCCC/C=C/C(=O)OC(CC(=O)[O-])C[N+](C)(C)C. The second kappa shape index (κ2) is 13.9. The molecular weight excluding hydrogens is 318 g/mol. The highest BCUT2D eigenvalue weighted by atomic mass is 16.5. The molecule has 25 heavy (non-hydrogen) atoms. The standard InChI is InChI=1S/C20H37NO4/c1-5-6-7-8-9-10-11-12-13-14-15-20(24)25-18(16-19(22)23)17-21(2,3)4/h14-15,18H,5-13,16-17H2,1-4H3/b15-14+. The van der Waals surface area contributed by atoms with Crippen molar-refractivity contribution in [3.05, 3.63) is 12.2 Å². The maximum atomic E-state index is 11.8. The van der Waals surface area contributed by atoms with E-state index in [1.165, 1.54) is 51.0 Å². The van der Waals surface area contributed by atoms with Crippen molar-refractivity contribution in [1.29, 1.82) is 0 Å². The number of hydrogen-bond donors (Lipinski definition) is 0. The Morgan fingerprint density at radius 3 is 2.08 bits per heavy atom. The van der Waals surface area contributed by atoms with E-state index in [1.54, 1.807) is 0 Å². The van der Waals surface area contributed by atoms with Gasteiger partial charge in [-0.2, -0.15) is 0 Å². The van der Waals surface area contributed by atoms with E-state index in [0.717, 1.165) is 12.8 Å². The molecule has 0 saturated carbocycles. The Balaban J connectivity index is 3.93. The highest BCUT2D eigenvalue weighted by Gasteiger charge is 2.21. The van der Waals surface area contributed by atoms with Crippen molar-refractivity contribution in [2.45, 2.75) is 77.2 Å². The lowest BCUT2D eigenvalue weighted by Gasteiger charge is -2.29. The molecule has 0 amide bonds. The highest BCUT2D eigenvalue weighted by molar-refractivity contribution is 5.82. The van der Waals surface area contributed by atoms with Gasteiger partial charge < -0.3 is 19.1 Å². The van der Waals surface area contributed by atoms with Gasteiger partial charge in [0.05, 0.1) is 21.1 Å². The predicted octanol–water partition coefficient (Wildman–Crippen LogP) is 2.83. The summed E-state index contributed by atoms with van der Waals surface area (Å²) in [5, 5.41) is 10.8. The van der Waals surface area contributed by atoms with E-state index in [0.29, 0.717) is 11.0 Å². The first-order valence-electron chi connectivity index (χ1n) is 9.62. The van der Waals surface area contributed by atoms with Crippen LogP contribution in [0.25, 0.3) is 0 Å². The number of carbonyl (C=O) groups is 2. The molecule has 1 unspecified atom stereocenters. The van der Waals surface area contributed by atoms with Crippen LogP contribution in [0.15, 0.2) is 12.2 Å². The molecule has 0 aliphatic heterocycles. The van der Waals surface area contributed by atoms with Crippen molar-refractivity contribution in [3.63, 3.8) is 0 Å². The van der Waals surface area contributed by atoms with Gasteiger partial charge in [-0.05, 0) is 12.8 Å².